The van der Waals surface area contributed by atoms with Crippen molar-refractivity contribution in [3.63, 3.8) is 0 Å². The van der Waals surface area contributed by atoms with Crippen LogP contribution in [0.3, 0.4) is 0 Å². The fraction of sp³-hybridized carbons (Fsp3) is 0.250. The first-order valence-corrected chi connectivity index (χ1v) is 10.4. The number of nitrogens with one attached hydrogen (secondary N) is 1. The Labute approximate surface area is 183 Å². The Kier molecular flexibility index (Phi) is 5.26. The van der Waals surface area contributed by atoms with E-state index in [1.165, 1.54) is 6.07 Å². The Balaban J connectivity index is 1.18. The van der Waals surface area contributed by atoms with Crippen molar-refractivity contribution in [2.24, 2.45) is 5.92 Å². The molecule has 1 N–H and O–H groups in total. The van der Waals surface area contributed by atoms with Crippen LogP contribution in [0.1, 0.15) is 23.4 Å². The van der Waals surface area contributed by atoms with Gasteiger partial charge in [-0.25, -0.2) is 4.39 Å². The standard InChI is InChI=1S/C24H21FN2O5/c25-18-4-2-1-3-17(18)19-7-8-21(32-19)24(29)27-11-9-15(10-12-27)23(28)26-16-5-6-20-22(13-16)31-14-30-20/h1-8,13,15H,9-12,14H2,(H,26,28). The zero-order valence-electron chi connectivity index (χ0n) is 17.2. The van der Waals surface area contributed by atoms with Gasteiger partial charge in [0.15, 0.2) is 17.3 Å². The van der Waals surface area contributed by atoms with Crippen molar-refractivity contribution < 1.29 is 27.9 Å². The molecule has 7 nitrogen and oxygen atoms in total. The van der Waals surface area contributed by atoms with Crippen molar-refractivity contribution in [2.75, 3.05) is 25.2 Å². The molecular weight excluding hydrogens is 415 g/mol. The highest BCUT2D eigenvalue weighted by Gasteiger charge is 2.29. The monoisotopic (exact) mass is 436 g/mol. The SMILES string of the molecule is O=C(Nc1ccc2c(c1)OCO2)C1CCN(C(=O)c2ccc(-c3ccccc3F)o2)CC1. The molecule has 0 unspecified atom stereocenters. The number of amides is 2. The number of nitrogens with zero attached hydrogens (tertiary/aromatic N) is 1. The van der Waals surface area contributed by atoms with E-state index >= 15 is 0 Å². The largest absolute Gasteiger partial charge is 0.454 e. The van der Waals surface area contributed by atoms with Crippen LogP contribution in [0.25, 0.3) is 11.3 Å². The number of benzene rings is 2. The molecule has 3 aromatic rings. The van der Waals surface area contributed by atoms with Crippen LogP contribution in [0.15, 0.2) is 59.0 Å². The molecule has 0 atom stereocenters. The maximum absolute atomic E-state index is 14.0. The molecule has 2 amide bonds. The van der Waals surface area contributed by atoms with E-state index in [0.717, 1.165) is 0 Å². The molecule has 2 aliphatic rings. The minimum atomic E-state index is -0.407. The van der Waals surface area contributed by atoms with E-state index in [-0.39, 0.29) is 30.3 Å². The molecule has 8 heteroatoms. The third-order valence-electron chi connectivity index (χ3n) is 5.75. The smallest absolute Gasteiger partial charge is 0.289 e. The quantitative estimate of drug-likeness (QED) is 0.659. The van der Waals surface area contributed by atoms with E-state index in [1.807, 2.05) is 0 Å². The van der Waals surface area contributed by atoms with E-state index in [9.17, 15) is 14.0 Å². The first-order valence-electron chi connectivity index (χ1n) is 10.4. The van der Waals surface area contributed by atoms with Crippen LogP contribution in [0.2, 0.25) is 0 Å². The molecule has 3 heterocycles. The number of hydrogen-bond donors (Lipinski definition) is 1. The molecule has 164 valence electrons. The number of piperidine rings is 1. The van der Waals surface area contributed by atoms with E-state index < -0.39 is 5.82 Å². The summed E-state index contributed by atoms with van der Waals surface area (Å²) in [6.45, 7) is 1.05. The second-order valence-electron chi connectivity index (χ2n) is 7.77. The number of hydrogen-bond acceptors (Lipinski definition) is 5. The van der Waals surface area contributed by atoms with Gasteiger partial charge in [-0.15, -0.1) is 0 Å². The lowest BCUT2D eigenvalue weighted by Gasteiger charge is -2.30. The fourth-order valence-electron chi connectivity index (χ4n) is 3.98. The average Bonchev–Trinajstić information content (AvgIpc) is 3.48. The first kappa shape index (κ1) is 20.1. The summed E-state index contributed by atoms with van der Waals surface area (Å²) in [5, 5.41) is 2.91. The average molecular weight is 436 g/mol. The Morgan fingerprint density at radius 2 is 1.75 bits per heavy atom. The Morgan fingerprint density at radius 3 is 2.56 bits per heavy atom. The summed E-state index contributed by atoms with van der Waals surface area (Å²) >= 11 is 0. The molecule has 0 radical (unpaired) electrons. The van der Waals surface area contributed by atoms with Gasteiger partial charge in [-0.3, -0.25) is 9.59 Å². The minimum absolute atomic E-state index is 0.0872. The van der Waals surface area contributed by atoms with Crippen LogP contribution in [0.4, 0.5) is 10.1 Å². The van der Waals surface area contributed by atoms with E-state index in [1.54, 1.807) is 53.4 Å². The molecule has 1 aromatic heterocycles. The summed E-state index contributed by atoms with van der Waals surface area (Å²) in [5.41, 5.74) is 0.958. The third kappa shape index (κ3) is 3.91. The molecule has 5 rings (SSSR count). The van der Waals surface area contributed by atoms with Crippen LogP contribution in [-0.4, -0.2) is 36.6 Å². The maximum atomic E-state index is 14.0. The summed E-state index contributed by atoms with van der Waals surface area (Å²) in [5.74, 6) is 0.779. The molecule has 1 saturated heterocycles. The summed E-state index contributed by atoms with van der Waals surface area (Å²) in [6.07, 6.45) is 1.09. The molecule has 0 saturated carbocycles. The minimum Gasteiger partial charge on any atom is -0.454 e. The lowest BCUT2D eigenvalue weighted by molar-refractivity contribution is -0.121. The number of carbonyl (C=O) groups is 2. The van der Waals surface area contributed by atoms with E-state index in [4.69, 9.17) is 13.9 Å². The number of furan rings is 1. The predicted octanol–water partition coefficient (Wildman–Crippen LogP) is 4.31. The second kappa shape index (κ2) is 8.37. The van der Waals surface area contributed by atoms with Crippen molar-refractivity contribution in [3.8, 4) is 22.8 Å². The molecule has 1 fully saturated rings. The summed E-state index contributed by atoms with van der Waals surface area (Å²) in [4.78, 5) is 27.1. The molecular formula is C24H21FN2O5. The number of likely N-dealkylation sites (tertiary alicyclic amines) is 1. The van der Waals surface area contributed by atoms with Crippen molar-refractivity contribution >= 4 is 17.5 Å². The van der Waals surface area contributed by atoms with Gasteiger partial charge in [-0.05, 0) is 49.2 Å². The molecule has 0 spiro atoms. The molecule has 32 heavy (non-hydrogen) atoms. The zero-order chi connectivity index (χ0) is 22.1. The molecule has 2 aliphatic heterocycles. The lowest BCUT2D eigenvalue weighted by atomic mass is 9.95. The van der Waals surface area contributed by atoms with Crippen LogP contribution >= 0.6 is 0 Å². The summed E-state index contributed by atoms with van der Waals surface area (Å²) in [7, 11) is 0. The van der Waals surface area contributed by atoms with Gasteiger partial charge in [0.25, 0.3) is 5.91 Å². The first-order chi connectivity index (χ1) is 15.6. The van der Waals surface area contributed by atoms with Crippen molar-refractivity contribution in [2.45, 2.75) is 12.8 Å². The fourth-order valence-corrected chi connectivity index (χ4v) is 3.98. The van der Waals surface area contributed by atoms with Gasteiger partial charge < -0.3 is 24.1 Å². The number of carbonyl (C=O) groups excluding carboxylic acids is 2. The van der Waals surface area contributed by atoms with Gasteiger partial charge in [0.2, 0.25) is 12.7 Å². The van der Waals surface area contributed by atoms with Crippen LogP contribution in [0, 0.1) is 11.7 Å². The van der Waals surface area contributed by atoms with Crippen LogP contribution in [0.5, 0.6) is 11.5 Å². The van der Waals surface area contributed by atoms with Gasteiger partial charge in [0, 0.05) is 30.8 Å². The highest BCUT2D eigenvalue weighted by molar-refractivity contribution is 5.94. The highest BCUT2D eigenvalue weighted by atomic mass is 19.1. The molecule has 0 bridgehead atoms. The number of anilines is 1. The van der Waals surface area contributed by atoms with Crippen LogP contribution in [-0.2, 0) is 4.79 Å². The molecule has 2 aromatic carbocycles. The van der Waals surface area contributed by atoms with Crippen molar-refractivity contribution in [1.29, 1.82) is 0 Å². The van der Waals surface area contributed by atoms with Gasteiger partial charge in [0.1, 0.15) is 11.6 Å². The van der Waals surface area contributed by atoms with Gasteiger partial charge in [-0.2, -0.15) is 0 Å². The maximum Gasteiger partial charge on any atom is 0.289 e. The number of fused-ring (bicyclic) bond motifs is 1. The Morgan fingerprint density at radius 1 is 0.969 bits per heavy atom. The van der Waals surface area contributed by atoms with Gasteiger partial charge in [0.05, 0.1) is 5.56 Å². The Bertz CT molecular complexity index is 1170. The van der Waals surface area contributed by atoms with E-state index in [0.29, 0.717) is 54.4 Å². The number of halogens is 1. The number of rotatable bonds is 4. The van der Waals surface area contributed by atoms with Crippen molar-refractivity contribution in [3.05, 3.63) is 66.2 Å². The highest BCUT2D eigenvalue weighted by Crippen LogP contribution is 2.34. The van der Waals surface area contributed by atoms with Crippen LogP contribution < -0.4 is 14.8 Å². The van der Waals surface area contributed by atoms with Gasteiger partial charge in [-0.1, -0.05) is 12.1 Å². The second-order valence-corrected chi connectivity index (χ2v) is 7.77. The Hall–Kier alpha value is -3.81. The molecule has 0 aliphatic carbocycles. The van der Waals surface area contributed by atoms with Crippen molar-refractivity contribution in [1.82, 2.24) is 4.90 Å². The predicted molar refractivity (Wildman–Crippen MR) is 114 cm³/mol. The lowest BCUT2D eigenvalue weighted by Crippen LogP contribution is -2.41. The normalized spacial score (nSPS) is 15.6. The zero-order valence-corrected chi connectivity index (χ0v) is 17.2. The summed E-state index contributed by atoms with van der Waals surface area (Å²) in [6, 6.07) is 14.7. The van der Waals surface area contributed by atoms with E-state index in [2.05, 4.69) is 5.32 Å². The topological polar surface area (TPSA) is 81.0 Å². The number of ether oxygens (including phenoxy) is 2. The third-order valence-corrected chi connectivity index (χ3v) is 5.75. The summed E-state index contributed by atoms with van der Waals surface area (Å²) < 4.78 is 30.2. The van der Waals surface area contributed by atoms with Gasteiger partial charge >= 0.3 is 0 Å².